The quantitative estimate of drug-likeness (QED) is 0.785. The molecule has 2 N–H and O–H groups in total. The van der Waals surface area contributed by atoms with Gasteiger partial charge in [0.25, 0.3) is 0 Å². The average Bonchev–Trinajstić information content (AvgIpc) is 3.22. The minimum Gasteiger partial charge on any atom is -0.392 e. The molecule has 1 aromatic carbocycles. The number of aliphatic hydroxyl groups excluding tert-OH is 1. The van der Waals surface area contributed by atoms with Gasteiger partial charge < -0.3 is 10.0 Å². The molecule has 0 aliphatic heterocycles. The van der Waals surface area contributed by atoms with Gasteiger partial charge in [0, 0.05) is 24.2 Å². The molecule has 0 aromatic heterocycles. The summed E-state index contributed by atoms with van der Waals surface area (Å²) in [6.07, 6.45) is 2.35. The highest BCUT2D eigenvalue weighted by Crippen LogP contribution is 2.29. The summed E-state index contributed by atoms with van der Waals surface area (Å²) in [5.41, 5.74) is 0.330. The van der Waals surface area contributed by atoms with E-state index in [9.17, 15) is 8.42 Å². The Morgan fingerprint density at radius 2 is 2.00 bits per heavy atom. The van der Waals surface area contributed by atoms with Crippen LogP contribution in [0.5, 0.6) is 0 Å². The summed E-state index contributed by atoms with van der Waals surface area (Å²) in [7, 11) is -1.74. The van der Waals surface area contributed by atoms with Gasteiger partial charge in [-0.2, -0.15) is 0 Å². The van der Waals surface area contributed by atoms with Crippen LogP contribution in [-0.2, 0) is 16.6 Å². The lowest BCUT2D eigenvalue weighted by Gasteiger charge is -2.16. The molecule has 8 heteroatoms. The number of nitrogens with one attached hydrogen (secondary N) is 1. The van der Waals surface area contributed by atoms with Crippen LogP contribution in [0.3, 0.4) is 0 Å². The Morgan fingerprint density at radius 1 is 1.33 bits per heavy atom. The predicted molar refractivity (Wildman–Crippen MR) is 83.2 cm³/mol. The minimum absolute atomic E-state index is 0.0419. The van der Waals surface area contributed by atoms with Gasteiger partial charge in [-0.05, 0) is 37.6 Å². The number of nitrogens with zero attached hydrogens (tertiary/aromatic N) is 1. The van der Waals surface area contributed by atoms with Crippen molar-refractivity contribution >= 4 is 33.2 Å². The number of rotatable bonds is 7. The average molecular weight is 353 g/mol. The zero-order valence-corrected chi connectivity index (χ0v) is 14.0. The summed E-state index contributed by atoms with van der Waals surface area (Å²) in [4.78, 5) is 2.07. The summed E-state index contributed by atoms with van der Waals surface area (Å²) >= 11 is 11.8. The van der Waals surface area contributed by atoms with E-state index in [1.165, 1.54) is 25.0 Å². The fourth-order valence-corrected chi connectivity index (χ4v) is 3.91. The summed E-state index contributed by atoms with van der Waals surface area (Å²) in [6.45, 7) is 0.605. The standard InChI is InChI=1S/C13H18Cl2N2O3S/c1-17(10-2-3-10)5-4-16-21(19,20)13-6-9(8-18)11(14)7-12(13)15/h6-7,10,16,18H,2-5,8H2,1H3. The van der Waals surface area contributed by atoms with Crippen molar-refractivity contribution in [2.45, 2.75) is 30.4 Å². The Balaban J connectivity index is 2.07. The molecule has 0 spiro atoms. The van der Waals surface area contributed by atoms with Crippen molar-refractivity contribution < 1.29 is 13.5 Å². The van der Waals surface area contributed by atoms with Gasteiger partial charge in [0.15, 0.2) is 0 Å². The molecular weight excluding hydrogens is 335 g/mol. The second-order valence-corrected chi connectivity index (χ2v) is 7.69. The molecule has 1 aromatic rings. The normalized spacial score (nSPS) is 15.7. The fourth-order valence-electron chi connectivity index (χ4n) is 2.03. The van der Waals surface area contributed by atoms with E-state index in [0.29, 0.717) is 24.7 Å². The van der Waals surface area contributed by atoms with Crippen LogP contribution in [0.25, 0.3) is 0 Å². The van der Waals surface area contributed by atoms with Crippen LogP contribution in [0.15, 0.2) is 17.0 Å². The Labute approximate surface area is 134 Å². The molecule has 1 aliphatic rings. The van der Waals surface area contributed by atoms with Crippen LogP contribution < -0.4 is 4.72 Å². The predicted octanol–water partition coefficient (Wildman–Crippen LogP) is 1.86. The maximum Gasteiger partial charge on any atom is 0.242 e. The Bertz CT molecular complexity index is 618. The van der Waals surface area contributed by atoms with E-state index in [4.69, 9.17) is 28.3 Å². The summed E-state index contributed by atoms with van der Waals surface area (Å²) in [6, 6.07) is 3.21. The number of aliphatic hydroxyl groups is 1. The largest absolute Gasteiger partial charge is 0.392 e. The fraction of sp³-hybridized carbons (Fsp3) is 0.538. The topological polar surface area (TPSA) is 69.6 Å². The van der Waals surface area contributed by atoms with Gasteiger partial charge >= 0.3 is 0 Å². The second kappa shape index (κ2) is 6.81. The lowest BCUT2D eigenvalue weighted by Crippen LogP contribution is -2.34. The highest BCUT2D eigenvalue weighted by Gasteiger charge is 2.26. The van der Waals surface area contributed by atoms with Gasteiger partial charge in [0.1, 0.15) is 4.90 Å². The highest BCUT2D eigenvalue weighted by atomic mass is 35.5. The van der Waals surface area contributed by atoms with Crippen molar-refractivity contribution in [2.24, 2.45) is 0 Å². The summed E-state index contributed by atoms with van der Waals surface area (Å²) in [5.74, 6) is 0. The molecule has 0 unspecified atom stereocenters. The summed E-state index contributed by atoms with van der Waals surface area (Å²) in [5, 5.41) is 9.45. The number of halogens is 2. The number of benzene rings is 1. The van der Waals surface area contributed by atoms with Gasteiger partial charge in [-0.1, -0.05) is 23.2 Å². The molecule has 1 aliphatic carbocycles. The smallest absolute Gasteiger partial charge is 0.242 e. The Hall–Kier alpha value is -0.370. The molecule has 0 saturated heterocycles. The van der Waals surface area contributed by atoms with Crippen molar-refractivity contribution in [3.63, 3.8) is 0 Å². The molecule has 0 atom stereocenters. The number of hydrogen-bond acceptors (Lipinski definition) is 4. The zero-order chi connectivity index (χ0) is 15.6. The summed E-state index contributed by atoms with van der Waals surface area (Å²) < 4.78 is 27.0. The number of hydrogen-bond donors (Lipinski definition) is 2. The van der Waals surface area contributed by atoms with Gasteiger partial charge in [0.05, 0.1) is 11.6 Å². The molecule has 5 nitrogen and oxygen atoms in total. The highest BCUT2D eigenvalue weighted by molar-refractivity contribution is 7.89. The van der Waals surface area contributed by atoms with Gasteiger partial charge in [-0.25, -0.2) is 13.1 Å². The minimum atomic E-state index is -3.72. The number of sulfonamides is 1. The van der Waals surface area contributed by atoms with Crippen molar-refractivity contribution in [1.29, 1.82) is 0 Å². The first-order valence-electron chi connectivity index (χ1n) is 6.64. The van der Waals surface area contributed by atoms with Gasteiger partial charge in [0.2, 0.25) is 10.0 Å². The van der Waals surface area contributed by atoms with Crippen LogP contribution in [-0.4, -0.2) is 44.6 Å². The van der Waals surface area contributed by atoms with E-state index in [1.807, 2.05) is 7.05 Å². The first kappa shape index (κ1) is 17.0. The van der Waals surface area contributed by atoms with Crippen LogP contribution >= 0.6 is 23.2 Å². The van der Waals surface area contributed by atoms with E-state index in [0.717, 1.165) is 0 Å². The molecule has 1 saturated carbocycles. The van der Waals surface area contributed by atoms with Crippen LogP contribution in [0.4, 0.5) is 0 Å². The molecule has 21 heavy (non-hydrogen) atoms. The molecule has 0 amide bonds. The van der Waals surface area contributed by atoms with E-state index in [1.54, 1.807) is 0 Å². The molecule has 0 heterocycles. The second-order valence-electron chi connectivity index (χ2n) is 5.14. The monoisotopic (exact) mass is 352 g/mol. The molecular formula is C13H18Cl2N2O3S. The Kier molecular flexibility index (Phi) is 5.51. The van der Waals surface area contributed by atoms with E-state index in [-0.39, 0.29) is 21.5 Å². The zero-order valence-electron chi connectivity index (χ0n) is 11.6. The van der Waals surface area contributed by atoms with Crippen LogP contribution in [0.2, 0.25) is 10.0 Å². The SMILES string of the molecule is CN(CCNS(=O)(=O)c1cc(CO)c(Cl)cc1Cl)C1CC1. The van der Waals surface area contributed by atoms with Crippen molar-refractivity contribution in [3.8, 4) is 0 Å². The molecule has 2 rings (SSSR count). The third-order valence-electron chi connectivity index (χ3n) is 3.49. The van der Waals surface area contributed by atoms with Crippen molar-refractivity contribution in [1.82, 2.24) is 9.62 Å². The third-order valence-corrected chi connectivity index (χ3v) is 5.77. The lowest BCUT2D eigenvalue weighted by atomic mass is 10.2. The van der Waals surface area contributed by atoms with Crippen LogP contribution in [0, 0.1) is 0 Å². The van der Waals surface area contributed by atoms with Crippen molar-refractivity contribution in [3.05, 3.63) is 27.7 Å². The first-order chi connectivity index (χ1) is 9.85. The molecule has 118 valence electrons. The molecule has 0 bridgehead atoms. The first-order valence-corrected chi connectivity index (χ1v) is 8.87. The van der Waals surface area contributed by atoms with Crippen molar-refractivity contribution in [2.75, 3.05) is 20.1 Å². The molecule has 1 fully saturated rings. The van der Waals surface area contributed by atoms with Gasteiger partial charge in [-0.15, -0.1) is 0 Å². The van der Waals surface area contributed by atoms with E-state index in [2.05, 4.69) is 9.62 Å². The van der Waals surface area contributed by atoms with E-state index >= 15 is 0 Å². The maximum atomic E-state index is 12.3. The van der Waals surface area contributed by atoms with Gasteiger partial charge in [-0.3, -0.25) is 0 Å². The Morgan fingerprint density at radius 3 is 2.57 bits per heavy atom. The maximum absolute atomic E-state index is 12.3. The molecule has 0 radical (unpaired) electrons. The van der Waals surface area contributed by atoms with Crippen LogP contribution in [0.1, 0.15) is 18.4 Å². The van der Waals surface area contributed by atoms with E-state index < -0.39 is 10.0 Å². The lowest BCUT2D eigenvalue weighted by molar-refractivity contribution is 0.281. The number of likely N-dealkylation sites (N-methyl/N-ethyl adjacent to an activating group) is 1. The third kappa shape index (κ3) is 4.31.